The minimum atomic E-state index is -2.51. The number of H-pyrrole nitrogens is 1. The molecule has 0 bridgehead atoms. The first-order valence-corrected chi connectivity index (χ1v) is 4.56. The summed E-state index contributed by atoms with van der Waals surface area (Å²) in [5.41, 5.74) is 0. The number of hydrogen-bond donors (Lipinski definition) is 1. The number of aromatic nitrogens is 3. The Bertz CT molecular complexity index is 279. The van der Waals surface area contributed by atoms with E-state index in [1.165, 1.54) is 6.20 Å². The van der Waals surface area contributed by atoms with Crippen LogP contribution in [0.2, 0.25) is 0 Å². The predicted molar refractivity (Wildman–Crippen MR) is 44.2 cm³/mol. The third-order valence-electron chi connectivity index (χ3n) is 2.34. The van der Waals surface area contributed by atoms with Crippen molar-refractivity contribution >= 4 is 0 Å². The highest BCUT2D eigenvalue weighted by Gasteiger charge is 2.35. The number of alkyl halides is 2. The van der Waals surface area contributed by atoms with Gasteiger partial charge in [0.1, 0.15) is 12.3 Å². The van der Waals surface area contributed by atoms with E-state index in [0.29, 0.717) is 18.7 Å². The minimum Gasteiger partial charge on any atom is -0.472 e. The normalized spacial score (nSPS) is 22.1. The third-order valence-corrected chi connectivity index (χ3v) is 2.34. The summed E-state index contributed by atoms with van der Waals surface area (Å²) in [6, 6.07) is 0. The molecule has 1 aromatic heterocycles. The van der Waals surface area contributed by atoms with Crippen LogP contribution in [0, 0.1) is 0 Å². The van der Waals surface area contributed by atoms with Crippen LogP contribution in [-0.4, -0.2) is 27.4 Å². The van der Waals surface area contributed by atoms with E-state index in [1.807, 2.05) is 0 Å². The third kappa shape index (κ3) is 2.18. The van der Waals surface area contributed by atoms with Crippen molar-refractivity contribution < 1.29 is 13.5 Å². The highest BCUT2D eigenvalue weighted by molar-refractivity contribution is 4.99. The fourth-order valence-electron chi connectivity index (χ4n) is 1.55. The van der Waals surface area contributed by atoms with Gasteiger partial charge in [0.05, 0.1) is 0 Å². The maximum absolute atomic E-state index is 12.8. The van der Waals surface area contributed by atoms with Crippen LogP contribution < -0.4 is 4.74 Å². The molecule has 1 aromatic rings. The number of ether oxygens (including phenoxy) is 1. The monoisotopic (exact) mass is 203 g/mol. The molecule has 0 aromatic carbocycles. The number of aromatic amines is 1. The predicted octanol–water partition coefficient (Wildman–Crippen LogP) is 1.76. The molecule has 1 heterocycles. The van der Waals surface area contributed by atoms with Crippen molar-refractivity contribution in [3.05, 3.63) is 6.20 Å². The van der Waals surface area contributed by atoms with Gasteiger partial charge in [-0.3, -0.25) is 0 Å². The van der Waals surface area contributed by atoms with E-state index in [-0.39, 0.29) is 18.9 Å². The number of hydrogen-bond acceptors (Lipinski definition) is 3. The molecule has 6 heteroatoms. The van der Waals surface area contributed by atoms with Crippen molar-refractivity contribution in [1.29, 1.82) is 0 Å². The Morgan fingerprint density at radius 2 is 2.14 bits per heavy atom. The number of halogens is 2. The topological polar surface area (TPSA) is 50.8 Å². The largest absolute Gasteiger partial charge is 0.472 e. The van der Waals surface area contributed by atoms with E-state index >= 15 is 0 Å². The van der Waals surface area contributed by atoms with Crippen LogP contribution in [0.3, 0.4) is 0 Å². The van der Waals surface area contributed by atoms with Gasteiger partial charge in [0.25, 0.3) is 5.88 Å². The van der Waals surface area contributed by atoms with Crippen LogP contribution in [0.15, 0.2) is 6.20 Å². The smallest absolute Gasteiger partial charge is 0.253 e. The van der Waals surface area contributed by atoms with Crippen LogP contribution in [0.5, 0.6) is 5.88 Å². The Morgan fingerprint density at radius 1 is 1.43 bits per heavy atom. The van der Waals surface area contributed by atoms with Gasteiger partial charge in [-0.05, 0) is 12.8 Å². The average Bonchev–Trinajstić information content (AvgIpc) is 2.61. The Labute approximate surface area is 79.6 Å². The van der Waals surface area contributed by atoms with Crippen molar-refractivity contribution in [2.24, 2.45) is 0 Å². The molecule has 1 aliphatic carbocycles. The van der Waals surface area contributed by atoms with E-state index < -0.39 is 5.92 Å². The van der Waals surface area contributed by atoms with Crippen molar-refractivity contribution in [3.8, 4) is 5.88 Å². The second-order valence-corrected chi connectivity index (χ2v) is 3.48. The van der Waals surface area contributed by atoms with Crippen LogP contribution >= 0.6 is 0 Å². The van der Waals surface area contributed by atoms with Crippen LogP contribution in [0.4, 0.5) is 8.78 Å². The highest BCUT2D eigenvalue weighted by Crippen LogP contribution is 2.34. The lowest BCUT2D eigenvalue weighted by molar-refractivity contribution is -0.0588. The maximum atomic E-state index is 12.8. The van der Waals surface area contributed by atoms with Crippen molar-refractivity contribution in [1.82, 2.24) is 15.4 Å². The summed E-state index contributed by atoms with van der Waals surface area (Å²) >= 11 is 0. The van der Waals surface area contributed by atoms with Gasteiger partial charge < -0.3 is 4.74 Å². The zero-order chi connectivity index (χ0) is 10.0. The molecule has 2 rings (SSSR count). The zero-order valence-corrected chi connectivity index (χ0v) is 7.54. The minimum absolute atomic E-state index is 0.102. The molecule has 0 amide bonds. The Morgan fingerprint density at radius 3 is 2.71 bits per heavy atom. The molecule has 0 radical (unpaired) electrons. The number of nitrogens with one attached hydrogen (secondary N) is 1. The van der Waals surface area contributed by atoms with Crippen molar-refractivity contribution in [2.75, 3.05) is 0 Å². The average molecular weight is 203 g/mol. The molecular formula is C8H11F2N3O. The molecule has 0 atom stereocenters. The second-order valence-electron chi connectivity index (χ2n) is 3.48. The first kappa shape index (κ1) is 9.36. The highest BCUT2D eigenvalue weighted by atomic mass is 19.3. The quantitative estimate of drug-likeness (QED) is 0.796. The summed E-state index contributed by atoms with van der Waals surface area (Å²) in [6.07, 6.45) is 1.83. The van der Waals surface area contributed by atoms with Gasteiger partial charge in [-0.1, -0.05) is 0 Å². The first-order valence-electron chi connectivity index (χ1n) is 4.56. The van der Waals surface area contributed by atoms with Crippen molar-refractivity contribution in [2.45, 2.75) is 37.7 Å². The van der Waals surface area contributed by atoms with Gasteiger partial charge in [0.2, 0.25) is 5.92 Å². The molecule has 1 saturated carbocycles. The van der Waals surface area contributed by atoms with E-state index in [4.69, 9.17) is 4.74 Å². The molecule has 4 nitrogen and oxygen atoms in total. The fraction of sp³-hybridized carbons (Fsp3) is 0.750. The van der Waals surface area contributed by atoms with Crippen LogP contribution in [0.25, 0.3) is 0 Å². The summed E-state index contributed by atoms with van der Waals surface area (Å²) in [4.78, 5) is 0. The summed E-state index contributed by atoms with van der Waals surface area (Å²) in [6.45, 7) is 0. The Hall–Kier alpha value is -1.20. The molecule has 1 N–H and O–H groups in total. The molecule has 0 aliphatic heterocycles. The standard InChI is InChI=1S/C8H11F2N3O/c9-8(10)3-1-6(2-4-8)14-7-5-11-13-12-7/h5-6H,1-4H2,(H,11,12,13). The fourth-order valence-corrected chi connectivity index (χ4v) is 1.55. The van der Waals surface area contributed by atoms with Gasteiger partial charge in [-0.2, -0.15) is 10.3 Å². The lowest BCUT2D eigenvalue weighted by atomic mass is 9.94. The zero-order valence-electron chi connectivity index (χ0n) is 7.54. The van der Waals surface area contributed by atoms with Gasteiger partial charge in [0, 0.05) is 12.8 Å². The van der Waals surface area contributed by atoms with Crippen LogP contribution in [0.1, 0.15) is 25.7 Å². The maximum Gasteiger partial charge on any atom is 0.253 e. The molecule has 1 aliphatic rings. The Balaban J connectivity index is 1.85. The summed E-state index contributed by atoms with van der Waals surface area (Å²) in [5, 5.41) is 9.67. The Kier molecular flexibility index (Phi) is 2.35. The summed E-state index contributed by atoms with van der Waals surface area (Å²) < 4.78 is 30.9. The van der Waals surface area contributed by atoms with E-state index in [0.717, 1.165) is 0 Å². The molecule has 14 heavy (non-hydrogen) atoms. The SMILES string of the molecule is FC1(F)CCC(Oc2cn[nH]n2)CC1. The van der Waals surface area contributed by atoms with E-state index in [2.05, 4.69) is 15.4 Å². The summed E-state index contributed by atoms with van der Waals surface area (Å²) in [7, 11) is 0. The summed E-state index contributed by atoms with van der Waals surface area (Å²) in [5.74, 6) is -2.14. The van der Waals surface area contributed by atoms with Gasteiger partial charge in [-0.15, -0.1) is 5.10 Å². The molecule has 1 fully saturated rings. The van der Waals surface area contributed by atoms with Gasteiger partial charge in [0.15, 0.2) is 0 Å². The molecule has 0 unspecified atom stereocenters. The van der Waals surface area contributed by atoms with Crippen molar-refractivity contribution in [3.63, 3.8) is 0 Å². The van der Waals surface area contributed by atoms with E-state index in [9.17, 15) is 8.78 Å². The van der Waals surface area contributed by atoms with Gasteiger partial charge in [-0.25, -0.2) is 8.78 Å². The molecule has 78 valence electrons. The van der Waals surface area contributed by atoms with Gasteiger partial charge >= 0.3 is 0 Å². The molecule has 0 spiro atoms. The first-order chi connectivity index (χ1) is 6.66. The van der Waals surface area contributed by atoms with E-state index in [1.54, 1.807) is 0 Å². The number of nitrogens with zero attached hydrogens (tertiary/aromatic N) is 2. The number of rotatable bonds is 2. The molecule has 0 saturated heterocycles. The lowest BCUT2D eigenvalue weighted by Gasteiger charge is -2.27. The molecular weight excluding hydrogens is 192 g/mol. The lowest BCUT2D eigenvalue weighted by Crippen LogP contribution is -2.30. The second kappa shape index (κ2) is 3.51. The van der Waals surface area contributed by atoms with Crippen LogP contribution in [-0.2, 0) is 0 Å².